The number of nitrogens with one attached hydrogen (secondary N) is 2. The highest BCUT2D eigenvalue weighted by Gasteiger charge is 2.18. The van der Waals surface area contributed by atoms with Crippen molar-refractivity contribution in [2.45, 2.75) is 25.8 Å². The van der Waals surface area contributed by atoms with Crippen molar-refractivity contribution in [3.8, 4) is 11.3 Å². The van der Waals surface area contributed by atoms with Gasteiger partial charge < -0.3 is 9.73 Å². The first-order valence-electron chi connectivity index (χ1n) is 6.96. The molecule has 1 aliphatic rings. The molecule has 1 saturated heterocycles. The number of hydrogen-bond acceptors (Lipinski definition) is 4. The van der Waals surface area contributed by atoms with E-state index in [0.29, 0.717) is 11.9 Å². The molecule has 102 valence electrons. The second-order valence-corrected chi connectivity index (χ2v) is 5.27. The van der Waals surface area contributed by atoms with E-state index in [1.54, 1.807) is 0 Å². The number of nitrogens with zero attached hydrogens (tertiary/aromatic N) is 2. The third-order valence-corrected chi connectivity index (χ3v) is 3.82. The van der Waals surface area contributed by atoms with Gasteiger partial charge in [0.25, 0.3) is 0 Å². The molecule has 0 amide bonds. The van der Waals surface area contributed by atoms with Gasteiger partial charge in [-0.05, 0) is 43.7 Å². The summed E-state index contributed by atoms with van der Waals surface area (Å²) in [7, 11) is 0. The maximum atomic E-state index is 5.50. The van der Waals surface area contributed by atoms with Crippen molar-refractivity contribution < 1.29 is 4.42 Å². The molecule has 5 heteroatoms. The van der Waals surface area contributed by atoms with Gasteiger partial charge in [0.2, 0.25) is 0 Å². The minimum absolute atomic E-state index is 0.411. The Labute approximate surface area is 116 Å². The quantitative estimate of drug-likeness (QED) is 0.750. The Kier molecular flexibility index (Phi) is 2.60. The maximum Gasteiger partial charge on any atom is 0.192 e. The van der Waals surface area contributed by atoms with Crippen molar-refractivity contribution in [1.82, 2.24) is 20.5 Å². The van der Waals surface area contributed by atoms with E-state index in [2.05, 4.69) is 26.6 Å². The number of rotatable bonds is 2. The number of aromatic nitrogens is 3. The van der Waals surface area contributed by atoms with Crippen LogP contribution in [0.4, 0.5) is 0 Å². The largest absolute Gasteiger partial charge is 0.441 e. The number of benzene rings is 1. The van der Waals surface area contributed by atoms with Gasteiger partial charge in [-0.2, -0.15) is 5.10 Å². The molecule has 1 unspecified atom stereocenters. The monoisotopic (exact) mass is 268 g/mol. The van der Waals surface area contributed by atoms with Gasteiger partial charge in [0.05, 0.1) is 11.4 Å². The minimum Gasteiger partial charge on any atom is -0.441 e. The first-order chi connectivity index (χ1) is 9.79. The first kappa shape index (κ1) is 11.7. The summed E-state index contributed by atoms with van der Waals surface area (Å²) in [5.74, 6) is 0.690. The average Bonchev–Trinajstić information content (AvgIpc) is 3.17. The van der Waals surface area contributed by atoms with Crippen molar-refractivity contribution >= 4 is 11.1 Å². The highest BCUT2D eigenvalue weighted by atomic mass is 16.3. The summed E-state index contributed by atoms with van der Waals surface area (Å²) in [5, 5.41) is 11.0. The number of oxazole rings is 1. The van der Waals surface area contributed by atoms with Crippen LogP contribution in [-0.2, 0) is 0 Å². The zero-order valence-electron chi connectivity index (χ0n) is 11.3. The molecule has 0 saturated carbocycles. The molecule has 0 aliphatic carbocycles. The zero-order chi connectivity index (χ0) is 13.5. The summed E-state index contributed by atoms with van der Waals surface area (Å²) in [6.45, 7) is 2.95. The number of hydrogen-bond donors (Lipinski definition) is 2. The van der Waals surface area contributed by atoms with Gasteiger partial charge in [-0.3, -0.25) is 5.10 Å². The summed E-state index contributed by atoms with van der Waals surface area (Å²) in [4.78, 5) is 4.37. The van der Waals surface area contributed by atoms with Crippen LogP contribution in [0.3, 0.4) is 0 Å². The molecule has 0 bridgehead atoms. The predicted molar refractivity (Wildman–Crippen MR) is 76.3 cm³/mol. The number of H-pyrrole nitrogens is 1. The van der Waals surface area contributed by atoms with E-state index < -0.39 is 0 Å². The molecule has 3 heterocycles. The smallest absolute Gasteiger partial charge is 0.192 e. The lowest BCUT2D eigenvalue weighted by Gasteiger charge is -2.05. The van der Waals surface area contributed by atoms with Crippen LogP contribution in [0.5, 0.6) is 0 Å². The fraction of sp³-hybridized carbons (Fsp3) is 0.333. The molecule has 2 N–H and O–H groups in total. The van der Waals surface area contributed by atoms with Crippen molar-refractivity contribution in [2.24, 2.45) is 0 Å². The standard InChI is InChI=1S/C15H16N4O/c1-9-17-14-7-10(4-5-15(14)20-9)12-8-13(19-18-12)11-3-2-6-16-11/h4-5,7-8,11,16H,2-3,6H2,1H3,(H,18,19). The highest BCUT2D eigenvalue weighted by molar-refractivity contribution is 5.79. The Hall–Kier alpha value is -2.14. The minimum atomic E-state index is 0.411. The van der Waals surface area contributed by atoms with E-state index in [0.717, 1.165) is 34.6 Å². The molecule has 0 spiro atoms. The van der Waals surface area contributed by atoms with Crippen LogP contribution < -0.4 is 5.32 Å². The summed E-state index contributed by atoms with van der Waals surface area (Å²) in [6, 6.07) is 8.53. The first-order valence-corrected chi connectivity index (χ1v) is 6.96. The molecule has 2 aromatic heterocycles. The number of aryl methyl sites for hydroxylation is 1. The van der Waals surface area contributed by atoms with Crippen molar-refractivity contribution in [3.63, 3.8) is 0 Å². The van der Waals surface area contributed by atoms with Gasteiger partial charge >= 0.3 is 0 Å². The van der Waals surface area contributed by atoms with Crippen molar-refractivity contribution in [3.05, 3.63) is 35.9 Å². The molecule has 0 radical (unpaired) electrons. The van der Waals surface area contributed by atoms with Crippen molar-refractivity contribution in [2.75, 3.05) is 6.54 Å². The molecule has 1 aliphatic heterocycles. The summed E-state index contributed by atoms with van der Waals surface area (Å²) >= 11 is 0. The fourth-order valence-corrected chi connectivity index (χ4v) is 2.81. The van der Waals surface area contributed by atoms with E-state index >= 15 is 0 Å². The summed E-state index contributed by atoms with van der Waals surface area (Å²) in [6.07, 6.45) is 2.40. The van der Waals surface area contributed by atoms with E-state index in [4.69, 9.17) is 4.42 Å². The molecule has 3 aromatic rings. The maximum absolute atomic E-state index is 5.50. The van der Waals surface area contributed by atoms with Crippen LogP contribution in [-0.4, -0.2) is 21.7 Å². The Bertz CT molecular complexity index is 752. The molecule has 4 rings (SSSR count). The Morgan fingerprint density at radius 3 is 3.10 bits per heavy atom. The zero-order valence-corrected chi connectivity index (χ0v) is 11.3. The van der Waals surface area contributed by atoms with Crippen LogP contribution in [0, 0.1) is 6.92 Å². The normalized spacial score (nSPS) is 18.9. The predicted octanol–water partition coefficient (Wildman–Crippen LogP) is 2.95. The second-order valence-electron chi connectivity index (χ2n) is 5.27. The SMILES string of the molecule is Cc1nc2cc(-c3cc(C4CCCN4)[nH]n3)ccc2o1. The number of fused-ring (bicyclic) bond motifs is 1. The molecule has 1 fully saturated rings. The highest BCUT2D eigenvalue weighted by Crippen LogP contribution is 2.27. The van der Waals surface area contributed by atoms with E-state index in [-0.39, 0.29) is 0 Å². The molecule has 1 atom stereocenters. The van der Waals surface area contributed by atoms with Crippen LogP contribution in [0.15, 0.2) is 28.7 Å². The van der Waals surface area contributed by atoms with Crippen LogP contribution in [0.1, 0.15) is 30.5 Å². The molecule has 20 heavy (non-hydrogen) atoms. The lowest BCUT2D eigenvalue weighted by molar-refractivity contribution is 0.561. The van der Waals surface area contributed by atoms with Gasteiger partial charge in [-0.25, -0.2) is 4.98 Å². The van der Waals surface area contributed by atoms with Crippen LogP contribution in [0.2, 0.25) is 0 Å². The fourth-order valence-electron chi connectivity index (χ4n) is 2.81. The van der Waals surface area contributed by atoms with E-state index in [1.165, 1.54) is 12.8 Å². The van der Waals surface area contributed by atoms with Gasteiger partial charge in [0.15, 0.2) is 11.5 Å². The molecular weight excluding hydrogens is 252 g/mol. The van der Waals surface area contributed by atoms with Crippen LogP contribution >= 0.6 is 0 Å². The number of aromatic amines is 1. The van der Waals surface area contributed by atoms with Gasteiger partial charge in [0.1, 0.15) is 5.52 Å². The van der Waals surface area contributed by atoms with Gasteiger partial charge in [-0.1, -0.05) is 0 Å². The average molecular weight is 268 g/mol. The summed E-state index contributed by atoms with van der Waals surface area (Å²) in [5.41, 5.74) is 4.87. The van der Waals surface area contributed by atoms with Gasteiger partial charge in [-0.15, -0.1) is 0 Å². The lowest BCUT2D eigenvalue weighted by Crippen LogP contribution is -2.12. The Morgan fingerprint density at radius 2 is 2.25 bits per heavy atom. The van der Waals surface area contributed by atoms with Crippen LogP contribution in [0.25, 0.3) is 22.4 Å². The molecule has 5 nitrogen and oxygen atoms in total. The topological polar surface area (TPSA) is 66.7 Å². The van der Waals surface area contributed by atoms with E-state index in [1.807, 2.05) is 25.1 Å². The Morgan fingerprint density at radius 1 is 1.30 bits per heavy atom. The molecular formula is C15H16N4O. The van der Waals surface area contributed by atoms with Crippen molar-refractivity contribution in [1.29, 1.82) is 0 Å². The van der Waals surface area contributed by atoms with Gasteiger partial charge in [0, 0.05) is 18.5 Å². The third-order valence-electron chi connectivity index (χ3n) is 3.82. The second kappa shape index (κ2) is 4.45. The molecule has 1 aromatic carbocycles. The lowest BCUT2D eigenvalue weighted by atomic mass is 10.1. The Balaban J connectivity index is 1.71. The summed E-state index contributed by atoms with van der Waals surface area (Å²) < 4.78 is 5.50. The van der Waals surface area contributed by atoms with E-state index in [9.17, 15) is 0 Å². The third kappa shape index (κ3) is 1.91.